The van der Waals surface area contributed by atoms with Gasteiger partial charge in [0, 0.05) is 12.0 Å². The van der Waals surface area contributed by atoms with E-state index in [1.54, 1.807) is 26.4 Å². The maximum atomic E-state index is 12.4. The highest BCUT2D eigenvalue weighted by atomic mass is 16.5. The molecule has 0 spiro atoms. The maximum absolute atomic E-state index is 12.4. The van der Waals surface area contributed by atoms with Crippen LogP contribution in [-0.4, -0.2) is 20.0 Å². The maximum Gasteiger partial charge on any atom is 0.163 e. The molecule has 0 radical (unpaired) electrons. The summed E-state index contributed by atoms with van der Waals surface area (Å²) >= 11 is 0. The van der Waals surface area contributed by atoms with Crippen LogP contribution in [0.15, 0.2) is 18.2 Å². The lowest BCUT2D eigenvalue weighted by Gasteiger charge is -2.14. The molecule has 1 aliphatic carbocycles. The number of carbonyl (C=O) groups excluding carboxylic acids is 1. The number of rotatable bonds is 5. The second-order valence-corrected chi connectivity index (χ2v) is 5.55. The smallest absolute Gasteiger partial charge is 0.163 e. The highest BCUT2D eigenvalue weighted by Crippen LogP contribution is 2.30. The summed E-state index contributed by atoms with van der Waals surface area (Å²) in [5.41, 5.74) is 0.729. The number of ketones is 1. The summed E-state index contributed by atoms with van der Waals surface area (Å²) in [5.74, 6) is 2.06. The van der Waals surface area contributed by atoms with Gasteiger partial charge in [-0.05, 0) is 24.1 Å². The molecule has 2 rings (SSSR count). The van der Waals surface area contributed by atoms with Crippen LogP contribution in [0.4, 0.5) is 0 Å². The first-order valence-electron chi connectivity index (χ1n) is 7.50. The Hall–Kier alpha value is -1.51. The minimum atomic E-state index is 0.220. The van der Waals surface area contributed by atoms with E-state index < -0.39 is 0 Å². The number of ether oxygens (including phenoxy) is 2. The Labute approximate surface area is 121 Å². The molecule has 0 N–H and O–H groups in total. The fraction of sp³-hybridized carbons (Fsp3) is 0.588. The van der Waals surface area contributed by atoms with E-state index >= 15 is 0 Å². The zero-order valence-corrected chi connectivity index (χ0v) is 12.5. The molecule has 20 heavy (non-hydrogen) atoms. The first-order valence-corrected chi connectivity index (χ1v) is 7.50. The third-order valence-electron chi connectivity index (χ3n) is 4.15. The Morgan fingerprint density at radius 3 is 2.30 bits per heavy atom. The van der Waals surface area contributed by atoms with Gasteiger partial charge in [-0.15, -0.1) is 0 Å². The van der Waals surface area contributed by atoms with E-state index in [2.05, 4.69) is 0 Å². The van der Waals surface area contributed by atoms with Crippen LogP contribution in [0.3, 0.4) is 0 Å². The molecular weight excluding hydrogens is 252 g/mol. The highest BCUT2D eigenvalue weighted by molar-refractivity contribution is 5.96. The summed E-state index contributed by atoms with van der Waals surface area (Å²) in [7, 11) is 3.20. The Bertz CT molecular complexity index is 446. The number of Topliss-reactive ketones (excluding diaryl/α,β-unsaturated/α-hetero) is 1. The zero-order valence-electron chi connectivity index (χ0n) is 12.5. The standard InChI is InChI=1S/C17H24O3/c1-19-16-10-9-14(12-17(16)20-2)15(18)11-13-7-5-3-4-6-8-13/h9-10,12-13H,3-8,11H2,1-2H3. The Morgan fingerprint density at radius 1 is 1.05 bits per heavy atom. The van der Waals surface area contributed by atoms with Crippen molar-refractivity contribution >= 4 is 5.78 Å². The fourth-order valence-electron chi connectivity index (χ4n) is 2.96. The SMILES string of the molecule is COc1ccc(C(=O)CC2CCCCCC2)cc1OC. The summed E-state index contributed by atoms with van der Waals surface area (Å²) in [5, 5.41) is 0. The normalized spacial score (nSPS) is 16.5. The Kier molecular flexibility index (Phi) is 5.45. The molecule has 0 aromatic heterocycles. The second kappa shape index (κ2) is 7.32. The molecule has 0 atom stereocenters. The van der Waals surface area contributed by atoms with E-state index in [0.717, 1.165) is 5.56 Å². The van der Waals surface area contributed by atoms with Crippen LogP contribution in [0.25, 0.3) is 0 Å². The number of hydrogen-bond acceptors (Lipinski definition) is 3. The molecule has 1 saturated carbocycles. The van der Waals surface area contributed by atoms with E-state index in [1.165, 1.54) is 38.5 Å². The van der Waals surface area contributed by atoms with Gasteiger partial charge in [0.2, 0.25) is 0 Å². The van der Waals surface area contributed by atoms with Crippen molar-refractivity contribution in [2.75, 3.05) is 14.2 Å². The molecule has 0 bridgehead atoms. The van der Waals surface area contributed by atoms with Crippen LogP contribution in [0.2, 0.25) is 0 Å². The third kappa shape index (κ3) is 3.75. The lowest BCUT2D eigenvalue weighted by molar-refractivity contribution is 0.0956. The number of methoxy groups -OCH3 is 2. The van der Waals surface area contributed by atoms with Gasteiger partial charge >= 0.3 is 0 Å². The Morgan fingerprint density at radius 2 is 1.70 bits per heavy atom. The van der Waals surface area contributed by atoms with Gasteiger partial charge in [0.25, 0.3) is 0 Å². The van der Waals surface area contributed by atoms with Gasteiger partial charge in [-0.2, -0.15) is 0 Å². The molecule has 1 aromatic carbocycles. The minimum absolute atomic E-state index is 0.220. The predicted molar refractivity (Wildman–Crippen MR) is 79.7 cm³/mol. The molecule has 3 nitrogen and oxygen atoms in total. The van der Waals surface area contributed by atoms with Crippen LogP contribution >= 0.6 is 0 Å². The monoisotopic (exact) mass is 276 g/mol. The van der Waals surface area contributed by atoms with Crippen molar-refractivity contribution in [2.24, 2.45) is 5.92 Å². The van der Waals surface area contributed by atoms with Gasteiger partial charge in [-0.3, -0.25) is 4.79 Å². The average Bonchev–Trinajstić information content (AvgIpc) is 2.75. The number of hydrogen-bond donors (Lipinski definition) is 0. The topological polar surface area (TPSA) is 35.5 Å². The summed E-state index contributed by atoms with van der Waals surface area (Å²) in [6.07, 6.45) is 8.23. The molecule has 1 aliphatic rings. The first kappa shape index (κ1) is 14.9. The van der Waals surface area contributed by atoms with Crippen molar-refractivity contribution in [1.29, 1.82) is 0 Å². The van der Waals surface area contributed by atoms with Crippen LogP contribution in [0.5, 0.6) is 11.5 Å². The molecule has 0 unspecified atom stereocenters. The van der Waals surface area contributed by atoms with Gasteiger partial charge in [0.1, 0.15) is 0 Å². The van der Waals surface area contributed by atoms with Gasteiger partial charge in [0.05, 0.1) is 14.2 Å². The molecule has 3 heteroatoms. The van der Waals surface area contributed by atoms with Gasteiger partial charge in [0.15, 0.2) is 17.3 Å². The zero-order chi connectivity index (χ0) is 14.4. The molecule has 1 aromatic rings. The van der Waals surface area contributed by atoms with E-state index in [1.807, 2.05) is 6.07 Å². The van der Waals surface area contributed by atoms with Crippen molar-refractivity contribution in [3.63, 3.8) is 0 Å². The molecule has 0 amide bonds. The number of benzene rings is 1. The predicted octanol–water partition coefficient (Wildman–Crippen LogP) is 4.25. The second-order valence-electron chi connectivity index (χ2n) is 5.55. The van der Waals surface area contributed by atoms with E-state index in [4.69, 9.17) is 9.47 Å². The van der Waals surface area contributed by atoms with Crippen LogP contribution in [0, 0.1) is 5.92 Å². The summed E-state index contributed by atoms with van der Waals surface area (Å²) in [6, 6.07) is 5.43. The van der Waals surface area contributed by atoms with Gasteiger partial charge in [-0.1, -0.05) is 38.5 Å². The van der Waals surface area contributed by atoms with Crippen LogP contribution < -0.4 is 9.47 Å². The molecule has 1 fully saturated rings. The van der Waals surface area contributed by atoms with Gasteiger partial charge < -0.3 is 9.47 Å². The van der Waals surface area contributed by atoms with Crippen molar-refractivity contribution in [3.8, 4) is 11.5 Å². The first-order chi connectivity index (χ1) is 9.74. The molecule has 0 aliphatic heterocycles. The highest BCUT2D eigenvalue weighted by Gasteiger charge is 2.18. The van der Waals surface area contributed by atoms with E-state index in [-0.39, 0.29) is 5.78 Å². The van der Waals surface area contributed by atoms with E-state index in [0.29, 0.717) is 23.8 Å². The lowest BCUT2D eigenvalue weighted by atomic mass is 9.92. The summed E-state index contributed by atoms with van der Waals surface area (Å²) in [4.78, 5) is 12.4. The minimum Gasteiger partial charge on any atom is -0.493 e. The third-order valence-corrected chi connectivity index (χ3v) is 4.15. The lowest BCUT2D eigenvalue weighted by Crippen LogP contribution is -2.08. The average molecular weight is 276 g/mol. The van der Waals surface area contributed by atoms with Crippen LogP contribution in [-0.2, 0) is 0 Å². The van der Waals surface area contributed by atoms with Crippen molar-refractivity contribution < 1.29 is 14.3 Å². The van der Waals surface area contributed by atoms with E-state index in [9.17, 15) is 4.79 Å². The molecule has 110 valence electrons. The van der Waals surface area contributed by atoms with Crippen molar-refractivity contribution in [3.05, 3.63) is 23.8 Å². The Balaban J connectivity index is 2.04. The summed E-state index contributed by atoms with van der Waals surface area (Å²) < 4.78 is 10.5. The summed E-state index contributed by atoms with van der Waals surface area (Å²) in [6.45, 7) is 0. The quantitative estimate of drug-likeness (QED) is 0.596. The van der Waals surface area contributed by atoms with Gasteiger partial charge in [-0.25, -0.2) is 0 Å². The molecule has 0 saturated heterocycles. The molecular formula is C17H24O3. The number of carbonyl (C=O) groups is 1. The molecule has 0 heterocycles. The largest absolute Gasteiger partial charge is 0.493 e. The van der Waals surface area contributed by atoms with Crippen molar-refractivity contribution in [1.82, 2.24) is 0 Å². The van der Waals surface area contributed by atoms with Crippen molar-refractivity contribution in [2.45, 2.75) is 44.9 Å². The fourth-order valence-corrected chi connectivity index (χ4v) is 2.96. The van der Waals surface area contributed by atoms with Crippen LogP contribution in [0.1, 0.15) is 55.3 Å².